The van der Waals surface area contributed by atoms with Gasteiger partial charge in [-0.25, -0.2) is 13.6 Å². The van der Waals surface area contributed by atoms with E-state index < -0.39 is 10.0 Å². The molecule has 1 saturated heterocycles. The van der Waals surface area contributed by atoms with E-state index in [1.54, 1.807) is 12.1 Å². The first-order chi connectivity index (χ1) is 8.86. The van der Waals surface area contributed by atoms with Crippen LogP contribution < -0.4 is 5.14 Å². The van der Waals surface area contributed by atoms with E-state index in [-0.39, 0.29) is 4.90 Å². The molecule has 106 valence electrons. The quantitative estimate of drug-likeness (QED) is 0.924. The summed E-state index contributed by atoms with van der Waals surface area (Å²) in [6.07, 6.45) is 0. The minimum Gasteiger partial charge on any atom is -0.295 e. The number of sulfonamides is 1. The summed E-state index contributed by atoms with van der Waals surface area (Å²) in [4.78, 5) is 2.41. The van der Waals surface area contributed by atoms with Crippen molar-refractivity contribution >= 4 is 33.4 Å². The Hall–Kier alpha value is -0.270. The van der Waals surface area contributed by atoms with E-state index in [0.717, 1.165) is 23.6 Å². The lowest BCUT2D eigenvalue weighted by molar-refractivity contribution is 0.224. The number of thioether (sulfide) groups is 1. The first-order valence-electron chi connectivity index (χ1n) is 6.00. The van der Waals surface area contributed by atoms with Crippen molar-refractivity contribution in [2.24, 2.45) is 5.14 Å². The van der Waals surface area contributed by atoms with Gasteiger partial charge in [-0.2, -0.15) is 11.8 Å². The van der Waals surface area contributed by atoms with E-state index in [4.69, 9.17) is 16.7 Å². The third-order valence-corrected chi connectivity index (χ3v) is 5.45. The molecule has 1 aliphatic heterocycles. The molecule has 1 aromatic carbocycles. The predicted octanol–water partition coefficient (Wildman–Crippen LogP) is 1.92. The molecule has 1 aliphatic rings. The summed E-state index contributed by atoms with van der Waals surface area (Å²) in [5, 5.41) is 5.55. The molecule has 0 radical (unpaired) electrons. The number of hydrogen-bond donors (Lipinski definition) is 1. The monoisotopic (exact) mass is 320 g/mol. The fraction of sp³-hybridized carbons (Fsp3) is 0.500. The van der Waals surface area contributed by atoms with Gasteiger partial charge in [-0.1, -0.05) is 11.6 Å². The van der Waals surface area contributed by atoms with Gasteiger partial charge in [-0.05, 0) is 30.7 Å². The molecule has 0 saturated carbocycles. The highest BCUT2D eigenvalue weighted by atomic mass is 35.5. The Morgan fingerprint density at radius 3 is 2.84 bits per heavy atom. The van der Waals surface area contributed by atoms with Crippen LogP contribution in [-0.2, 0) is 16.6 Å². The van der Waals surface area contributed by atoms with Gasteiger partial charge in [-0.15, -0.1) is 0 Å². The molecule has 1 heterocycles. The summed E-state index contributed by atoms with van der Waals surface area (Å²) >= 11 is 7.91. The summed E-state index contributed by atoms with van der Waals surface area (Å²) in [7, 11) is -3.71. The molecule has 2 N–H and O–H groups in total. The number of hydrogen-bond acceptors (Lipinski definition) is 4. The zero-order valence-electron chi connectivity index (χ0n) is 10.7. The van der Waals surface area contributed by atoms with Crippen LogP contribution in [0.25, 0.3) is 0 Å². The van der Waals surface area contributed by atoms with Crippen LogP contribution in [0.5, 0.6) is 0 Å². The summed E-state index contributed by atoms with van der Waals surface area (Å²) in [6, 6.07) is 5.27. The molecule has 0 bridgehead atoms. The first kappa shape index (κ1) is 15.1. The van der Waals surface area contributed by atoms with Crippen molar-refractivity contribution in [2.45, 2.75) is 24.4 Å². The molecule has 4 nitrogen and oxygen atoms in total. The Kier molecular flexibility index (Phi) is 4.79. The molecule has 19 heavy (non-hydrogen) atoms. The Labute approximate surface area is 123 Å². The lowest BCUT2D eigenvalue weighted by atomic mass is 10.2. The topological polar surface area (TPSA) is 63.4 Å². The highest BCUT2D eigenvalue weighted by Gasteiger charge is 2.19. The van der Waals surface area contributed by atoms with Crippen molar-refractivity contribution in [3.63, 3.8) is 0 Å². The highest BCUT2D eigenvalue weighted by molar-refractivity contribution is 7.99. The highest BCUT2D eigenvalue weighted by Crippen LogP contribution is 2.22. The van der Waals surface area contributed by atoms with E-state index in [1.807, 2.05) is 11.8 Å². The molecule has 0 amide bonds. The molecule has 0 aromatic heterocycles. The van der Waals surface area contributed by atoms with Gasteiger partial charge in [-0.3, -0.25) is 4.90 Å². The molecule has 0 spiro atoms. The Morgan fingerprint density at radius 2 is 2.21 bits per heavy atom. The molecule has 0 aliphatic carbocycles. The molecule has 1 aromatic rings. The van der Waals surface area contributed by atoms with E-state index in [1.165, 1.54) is 6.07 Å². The summed E-state index contributed by atoms with van der Waals surface area (Å²) in [5.41, 5.74) is 0.885. The normalized spacial score (nSPS) is 21.5. The van der Waals surface area contributed by atoms with Crippen LogP contribution in [0.2, 0.25) is 5.02 Å². The van der Waals surface area contributed by atoms with Crippen LogP contribution in [0.4, 0.5) is 0 Å². The SMILES string of the molecule is C[C@H]1CSCCN1Cc1cc(Cl)cc(S(N)(=O)=O)c1. The van der Waals surface area contributed by atoms with Crippen molar-refractivity contribution in [2.75, 3.05) is 18.1 Å². The second kappa shape index (κ2) is 6.01. The van der Waals surface area contributed by atoms with Gasteiger partial charge < -0.3 is 0 Å². The lowest BCUT2D eigenvalue weighted by Crippen LogP contribution is -2.39. The maximum atomic E-state index is 11.4. The van der Waals surface area contributed by atoms with E-state index >= 15 is 0 Å². The van der Waals surface area contributed by atoms with E-state index in [9.17, 15) is 8.42 Å². The Bertz CT molecular complexity index is 563. The lowest BCUT2D eigenvalue weighted by Gasteiger charge is -2.33. The van der Waals surface area contributed by atoms with Gasteiger partial charge >= 0.3 is 0 Å². The fourth-order valence-corrected chi connectivity index (χ4v) is 4.12. The molecule has 1 atom stereocenters. The van der Waals surface area contributed by atoms with Crippen LogP contribution in [-0.4, -0.2) is 37.4 Å². The van der Waals surface area contributed by atoms with E-state index in [0.29, 0.717) is 17.6 Å². The van der Waals surface area contributed by atoms with Crippen LogP contribution in [0, 0.1) is 0 Å². The summed E-state index contributed by atoms with van der Waals surface area (Å²) < 4.78 is 22.8. The Morgan fingerprint density at radius 1 is 1.47 bits per heavy atom. The van der Waals surface area contributed by atoms with Crippen molar-refractivity contribution in [1.82, 2.24) is 4.90 Å². The molecular formula is C12H17ClN2O2S2. The minimum atomic E-state index is -3.71. The smallest absolute Gasteiger partial charge is 0.238 e. The van der Waals surface area contributed by atoms with Crippen LogP contribution >= 0.6 is 23.4 Å². The first-order valence-corrected chi connectivity index (χ1v) is 9.08. The number of nitrogens with zero attached hydrogens (tertiary/aromatic N) is 1. The minimum absolute atomic E-state index is 0.0778. The van der Waals surface area contributed by atoms with Gasteiger partial charge in [0.1, 0.15) is 0 Å². The van der Waals surface area contributed by atoms with Gasteiger partial charge in [0.2, 0.25) is 10.0 Å². The van der Waals surface area contributed by atoms with Crippen molar-refractivity contribution in [1.29, 1.82) is 0 Å². The Balaban J connectivity index is 2.23. The number of halogens is 1. The van der Waals surface area contributed by atoms with Gasteiger partial charge in [0.05, 0.1) is 4.90 Å². The number of nitrogens with two attached hydrogens (primary N) is 1. The summed E-state index contributed by atoms with van der Waals surface area (Å²) in [5.74, 6) is 2.20. The number of primary sulfonamides is 1. The molecular weight excluding hydrogens is 304 g/mol. The zero-order valence-corrected chi connectivity index (χ0v) is 13.1. The fourth-order valence-electron chi connectivity index (χ4n) is 2.11. The van der Waals surface area contributed by atoms with Gasteiger partial charge in [0, 0.05) is 35.7 Å². The van der Waals surface area contributed by atoms with E-state index in [2.05, 4.69) is 11.8 Å². The second-order valence-corrected chi connectivity index (χ2v) is 7.88. The molecule has 0 unspecified atom stereocenters. The largest absolute Gasteiger partial charge is 0.295 e. The maximum absolute atomic E-state index is 11.4. The summed E-state index contributed by atoms with van der Waals surface area (Å²) in [6.45, 7) is 3.88. The second-order valence-electron chi connectivity index (χ2n) is 4.73. The third kappa shape index (κ3) is 4.10. The molecule has 7 heteroatoms. The predicted molar refractivity (Wildman–Crippen MR) is 80.0 cm³/mol. The number of rotatable bonds is 3. The van der Waals surface area contributed by atoms with Gasteiger partial charge in [0.15, 0.2) is 0 Å². The van der Waals surface area contributed by atoms with Crippen LogP contribution in [0.1, 0.15) is 12.5 Å². The van der Waals surface area contributed by atoms with Crippen molar-refractivity contribution in [3.05, 3.63) is 28.8 Å². The molecule has 1 fully saturated rings. The molecule has 2 rings (SSSR count). The van der Waals surface area contributed by atoms with Gasteiger partial charge in [0.25, 0.3) is 0 Å². The average Bonchev–Trinajstić information content (AvgIpc) is 2.30. The van der Waals surface area contributed by atoms with Crippen LogP contribution in [0.3, 0.4) is 0 Å². The maximum Gasteiger partial charge on any atom is 0.238 e. The third-order valence-electron chi connectivity index (χ3n) is 3.15. The van der Waals surface area contributed by atoms with Crippen molar-refractivity contribution < 1.29 is 8.42 Å². The number of benzene rings is 1. The van der Waals surface area contributed by atoms with Crippen LogP contribution in [0.15, 0.2) is 23.1 Å². The zero-order chi connectivity index (χ0) is 14.0. The van der Waals surface area contributed by atoms with Crippen molar-refractivity contribution in [3.8, 4) is 0 Å². The average molecular weight is 321 g/mol. The standard InChI is InChI=1S/C12H17ClN2O2S2/c1-9-8-18-3-2-15(9)7-10-4-11(13)6-12(5-10)19(14,16)17/h4-6,9H,2-3,7-8H2,1H3,(H2,14,16,17)/t9-/m0/s1.